The van der Waals surface area contributed by atoms with Crippen molar-refractivity contribution in [1.29, 1.82) is 0 Å². The van der Waals surface area contributed by atoms with Gasteiger partial charge in [-0.3, -0.25) is 0 Å². The minimum absolute atomic E-state index is 0.141. The molecule has 0 aliphatic rings. The third-order valence-corrected chi connectivity index (χ3v) is 37.0. The summed E-state index contributed by atoms with van der Waals surface area (Å²) in [7, 11) is 0. The van der Waals surface area contributed by atoms with Crippen molar-refractivity contribution >= 4 is 67.1 Å². The van der Waals surface area contributed by atoms with Gasteiger partial charge >= 0.3 is 472 Å². The maximum absolute atomic E-state index is 16.4. The Kier molecular flexibility index (Phi) is 16.9. The van der Waals surface area contributed by atoms with Crippen LogP contribution in [0.1, 0.15) is 183 Å². The van der Waals surface area contributed by atoms with E-state index in [-0.39, 0.29) is 44.5 Å². The van der Waals surface area contributed by atoms with Crippen LogP contribution in [0.4, 0.5) is 0 Å². The van der Waals surface area contributed by atoms with Crippen LogP contribution < -0.4 is 0 Å². The van der Waals surface area contributed by atoms with Gasteiger partial charge in [0.15, 0.2) is 0 Å². The molecule has 0 saturated heterocycles. The van der Waals surface area contributed by atoms with Crippen LogP contribution in [0.5, 0.6) is 0 Å². The van der Waals surface area contributed by atoms with E-state index in [1.807, 2.05) is 114 Å². The zero-order chi connectivity index (χ0) is 57.9. The summed E-state index contributed by atoms with van der Waals surface area (Å²) in [6.45, 7) is 32.3. The first-order valence-corrected chi connectivity index (χ1v) is 37.8. The number of benzene rings is 7. The summed E-state index contributed by atoms with van der Waals surface area (Å²) in [6, 6.07) is 27.0. The molecule has 7 rings (SSSR count). The van der Waals surface area contributed by atoms with Crippen molar-refractivity contribution in [2.24, 2.45) is 0 Å². The van der Waals surface area contributed by atoms with Crippen LogP contribution in [0.2, 0.25) is 0 Å². The normalized spacial score (nSPS) is 11.6. The zero-order valence-electron chi connectivity index (χ0n) is 48.5. The molecular formula is C68H70O8Sn2. The summed E-state index contributed by atoms with van der Waals surface area (Å²) in [5.74, 6) is 0. The number of hydrogen-bond donors (Lipinski definition) is 0. The van der Waals surface area contributed by atoms with Gasteiger partial charge in [0.25, 0.3) is 0 Å². The van der Waals surface area contributed by atoms with Crippen LogP contribution in [0.25, 0.3) is 0 Å². The first-order chi connectivity index (χ1) is 36.4. The van der Waals surface area contributed by atoms with Gasteiger partial charge in [-0.15, -0.1) is 0 Å². The Morgan fingerprint density at radius 3 is 0.436 bits per heavy atom. The van der Waals surface area contributed by atoms with E-state index in [0.29, 0.717) is 66.8 Å². The molecule has 0 spiro atoms. The first-order valence-electron chi connectivity index (χ1n) is 26.4. The molecule has 0 fully saturated rings. The van der Waals surface area contributed by atoms with Gasteiger partial charge in [-0.1, -0.05) is 0 Å². The number of carbonyl (C=O) groups excluding carboxylic acids is 8. The van der Waals surface area contributed by atoms with Gasteiger partial charge in [0, 0.05) is 0 Å². The summed E-state index contributed by atoms with van der Waals surface area (Å²) in [4.78, 5) is 131. The Bertz CT molecular complexity index is 3090. The standard InChI is InChI=1S/6C10H11O.C8H4O2.2Sn/c6*1-7-4-8(2)10(6-11)9(3)5-7;9-5-7-1-2-8(6-10)4-3-7;;/h6*4-5H,1-3H3;1-4H;;. The first kappa shape index (κ1) is 59.2. The van der Waals surface area contributed by atoms with Crippen LogP contribution in [0.3, 0.4) is 0 Å². The fraction of sp³-hybridized carbons (Fsp3) is 0.265. The zero-order valence-corrected chi connectivity index (χ0v) is 54.2. The third-order valence-electron chi connectivity index (χ3n) is 15.6. The van der Waals surface area contributed by atoms with Crippen LogP contribution in [0.15, 0.2) is 97.1 Å². The molecule has 0 saturated carbocycles. The quantitative estimate of drug-likeness (QED) is 0.0873. The molecule has 0 heterocycles. The molecule has 78 heavy (non-hydrogen) atoms. The molecule has 7 aromatic carbocycles. The van der Waals surface area contributed by atoms with E-state index >= 15 is 38.4 Å². The molecule has 0 N–H and O–H groups in total. The Labute approximate surface area is 468 Å². The van der Waals surface area contributed by atoms with Crippen molar-refractivity contribution in [3.63, 3.8) is 0 Å². The molecule has 0 atom stereocenters. The van der Waals surface area contributed by atoms with E-state index in [1.54, 1.807) is 83.1 Å². The molecule has 10 heteroatoms. The SMILES string of the molecule is Cc1cc(C)c([C](=O)[Sn]([C](=O)c2ccc([C](=O)[Sn]([C](=O)c3c(C)cc(C)cc3C)([C](=O)c3c(C)cc(C)cc3C)[C](=O)c3c(C)cc(C)cc3C)cc2)([C](=O)c2c(C)cc(C)cc2C)[C](=O)c2c(C)cc(C)cc2C)c(C)c1. The molecular weight excluding hydrogens is 1180 g/mol. The molecule has 0 radical (unpaired) electrons. The Hall–Kier alpha value is -6.50. The number of rotatable bonds is 16. The van der Waals surface area contributed by atoms with E-state index in [1.165, 1.54) is 24.3 Å². The number of hydrogen-bond acceptors (Lipinski definition) is 8. The third kappa shape index (κ3) is 10.1. The van der Waals surface area contributed by atoms with Crippen molar-refractivity contribution in [1.82, 2.24) is 0 Å². The van der Waals surface area contributed by atoms with Crippen LogP contribution in [0, 0.1) is 125 Å². The number of aryl methyl sites for hydroxylation is 18. The van der Waals surface area contributed by atoms with Crippen molar-refractivity contribution in [3.8, 4) is 0 Å². The van der Waals surface area contributed by atoms with E-state index in [4.69, 9.17) is 0 Å². The van der Waals surface area contributed by atoms with Gasteiger partial charge in [0.1, 0.15) is 0 Å². The molecule has 398 valence electrons. The minimum atomic E-state index is -6.78. The summed E-state index contributed by atoms with van der Waals surface area (Å²) in [5, 5.41) is 0. The second-order valence-electron chi connectivity index (χ2n) is 22.4. The second kappa shape index (κ2) is 22.3. The van der Waals surface area contributed by atoms with E-state index in [9.17, 15) is 0 Å². The van der Waals surface area contributed by atoms with Gasteiger partial charge in [0.2, 0.25) is 0 Å². The topological polar surface area (TPSA) is 137 Å². The van der Waals surface area contributed by atoms with E-state index < -0.39 is 67.1 Å². The monoisotopic (exact) mass is 1250 g/mol. The summed E-state index contributed by atoms with van der Waals surface area (Å²) >= 11 is -13.6. The van der Waals surface area contributed by atoms with Crippen molar-refractivity contribution in [2.45, 2.75) is 125 Å². The predicted octanol–water partition coefficient (Wildman–Crippen LogP) is 14.1. The van der Waals surface area contributed by atoms with Crippen molar-refractivity contribution in [2.75, 3.05) is 0 Å². The molecule has 0 amide bonds. The molecule has 7 aromatic rings. The Balaban J connectivity index is 1.58. The van der Waals surface area contributed by atoms with Crippen LogP contribution >= 0.6 is 0 Å². The van der Waals surface area contributed by atoms with Gasteiger partial charge in [-0.05, 0) is 0 Å². The molecule has 0 unspecified atom stereocenters. The maximum atomic E-state index is 16.4. The average molecular weight is 1250 g/mol. The molecule has 0 aliphatic carbocycles. The summed E-state index contributed by atoms with van der Waals surface area (Å²) in [6.07, 6.45) is 0. The fourth-order valence-electron chi connectivity index (χ4n) is 12.8. The van der Waals surface area contributed by atoms with E-state index in [2.05, 4.69) is 0 Å². The summed E-state index contributed by atoms with van der Waals surface area (Å²) in [5.41, 5.74) is 11.8. The second-order valence-corrected chi connectivity index (χ2v) is 41.3. The van der Waals surface area contributed by atoms with Crippen LogP contribution in [-0.4, -0.2) is 67.1 Å². The van der Waals surface area contributed by atoms with E-state index in [0.717, 1.165) is 33.4 Å². The summed E-state index contributed by atoms with van der Waals surface area (Å²) < 4.78 is -6.54. The fourth-order valence-corrected chi connectivity index (χ4v) is 36.5. The van der Waals surface area contributed by atoms with Gasteiger partial charge in [-0.25, -0.2) is 0 Å². The molecule has 0 aliphatic heterocycles. The molecule has 0 bridgehead atoms. The predicted molar refractivity (Wildman–Crippen MR) is 317 cm³/mol. The molecule has 8 nitrogen and oxygen atoms in total. The Morgan fingerprint density at radius 1 is 0.205 bits per heavy atom. The Morgan fingerprint density at radius 2 is 0.321 bits per heavy atom. The van der Waals surface area contributed by atoms with Gasteiger partial charge in [0.05, 0.1) is 0 Å². The molecule has 0 aromatic heterocycles. The van der Waals surface area contributed by atoms with Gasteiger partial charge in [-0.2, -0.15) is 0 Å². The van der Waals surface area contributed by atoms with Gasteiger partial charge < -0.3 is 0 Å². The average Bonchev–Trinajstić information content (AvgIpc) is 3.30. The van der Waals surface area contributed by atoms with Crippen molar-refractivity contribution < 1.29 is 38.4 Å². The number of carbonyl (C=O) groups is 8. The van der Waals surface area contributed by atoms with Crippen LogP contribution in [-0.2, 0) is 0 Å². The van der Waals surface area contributed by atoms with Crippen molar-refractivity contribution in [3.05, 3.63) is 242 Å².